The van der Waals surface area contributed by atoms with Crippen LogP contribution in [0, 0.1) is 5.82 Å². The summed E-state index contributed by atoms with van der Waals surface area (Å²) in [6.07, 6.45) is 2.34. The van der Waals surface area contributed by atoms with Crippen LogP contribution >= 0.6 is 11.3 Å². The first-order valence-corrected chi connectivity index (χ1v) is 12.6. The lowest BCUT2D eigenvalue weighted by molar-refractivity contribution is 0.122. The smallest absolute Gasteiger partial charge is 0.208 e. The fourth-order valence-corrected chi connectivity index (χ4v) is 5.18. The molecule has 2 aromatic heterocycles. The van der Waals surface area contributed by atoms with E-state index in [0.29, 0.717) is 35.1 Å². The van der Waals surface area contributed by atoms with Crippen LogP contribution in [0.25, 0.3) is 21.7 Å². The van der Waals surface area contributed by atoms with E-state index in [1.54, 1.807) is 18.3 Å². The van der Waals surface area contributed by atoms with E-state index in [2.05, 4.69) is 24.8 Å². The molecule has 1 atom stereocenters. The molecule has 0 radical (unpaired) electrons. The Bertz CT molecular complexity index is 1150. The Morgan fingerprint density at radius 3 is 2.79 bits per heavy atom. The summed E-state index contributed by atoms with van der Waals surface area (Å²) in [6.45, 7) is 4.76. The number of benzene rings is 1. The van der Waals surface area contributed by atoms with Gasteiger partial charge in [0.1, 0.15) is 16.8 Å². The first-order chi connectivity index (χ1) is 16.0. The zero-order chi connectivity index (χ0) is 23.4. The highest BCUT2D eigenvalue weighted by Gasteiger charge is 2.19. The van der Waals surface area contributed by atoms with E-state index in [4.69, 9.17) is 15.2 Å². The maximum atomic E-state index is 14.8. The van der Waals surface area contributed by atoms with E-state index in [9.17, 15) is 8.60 Å². The van der Waals surface area contributed by atoms with Crippen LogP contribution in [0.5, 0.6) is 5.75 Å². The molecular formula is C21H25FN6O3S2. The number of nitrogens with two attached hydrogens (primary N) is 1. The highest BCUT2D eigenvalue weighted by molar-refractivity contribution is 7.86. The standard InChI is InChI=1S/C21H25FN6O3S2/c1-3-8-33(29)27-17-11-13(10-16(22)18(17)30-2)15-9-14(12-24-19(15)23)20-25-26-21(32-20)28-4-6-31-7-5-28/h9-12,27H,3-8H2,1-2H3,(H2,23,24). The van der Waals surface area contributed by atoms with Crippen LogP contribution in [-0.4, -0.2) is 58.6 Å². The summed E-state index contributed by atoms with van der Waals surface area (Å²) in [5.41, 5.74) is 8.16. The molecule has 0 amide bonds. The van der Waals surface area contributed by atoms with Gasteiger partial charge in [-0.25, -0.2) is 13.6 Å². The molecule has 1 fully saturated rings. The molecule has 33 heavy (non-hydrogen) atoms. The molecular weight excluding hydrogens is 467 g/mol. The van der Waals surface area contributed by atoms with Crippen molar-refractivity contribution >= 4 is 39.0 Å². The largest absolute Gasteiger partial charge is 0.492 e. The van der Waals surface area contributed by atoms with Gasteiger partial charge in [0.2, 0.25) is 5.13 Å². The molecule has 1 aliphatic rings. The third kappa shape index (κ3) is 5.23. The van der Waals surface area contributed by atoms with Gasteiger partial charge in [0.25, 0.3) is 0 Å². The molecule has 0 saturated carbocycles. The predicted molar refractivity (Wildman–Crippen MR) is 129 cm³/mol. The molecule has 0 spiro atoms. The van der Waals surface area contributed by atoms with Gasteiger partial charge in [-0.2, -0.15) is 0 Å². The first kappa shape index (κ1) is 23.3. The Morgan fingerprint density at radius 2 is 2.06 bits per heavy atom. The number of hydrogen-bond donors (Lipinski definition) is 2. The summed E-state index contributed by atoms with van der Waals surface area (Å²) in [5.74, 6) is 0.0600. The highest BCUT2D eigenvalue weighted by atomic mass is 32.2. The molecule has 3 N–H and O–H groups in total. The maximum Gasteiger partial charge on any atom is 0.208 e. The number of pyridine rings is 1. The number of halogens is 1. The average molecular weight is 493 g/mol. The van der Waals surface area contributed by atoms with Crippen LogP contribution in [-0.2, 0) is 15.7 Å². The highest BCUT2D eigenvalue weighted by Crippen LogP contribution is 2.38. The van der Waals surface area contributed by atoms with Crippen LogP contribution < -0.4 is 20.1 Å². The molecule has 1 unspecified atom stereocenters. The molecule has 3 heterocycles. The van der Waals surface area contributed by atoms with Gasteiger partial charge in [0.15, 0.2) is 16.6 Å². The summed E-state index contributed by atoms with van der Waals surface area (Å²) < 4.78 is 40.5. The minimum atomic E-state index is -1.37. The molecule has 0 bridgehead atoms. The van der Waals surface area contributed by atoms with Crippen LogP contribution in [0.3, 0.4) is 0 Å². The number of ether oxygens (including phenoxy) is 2. The molecule has 1 aliphatic heterocycles. The van der Waals surface area contributed by atoms with E-state index in [0.717, 1.165) is 30.2 Å². The fraction of sp³-hybridized carbons (Fsp3) is 0.381. The number of nitrogens with zero attached hydrogens (tertiary/aromatic N) is 4. The number of nitrogen functional groups attached to an aromatic ring is 1. The van der Waals surface area contributed by atoms with Gasteiger partial charge >= 0.3 is 0 Å². The number of anilines is 3. The van der Waals surface area contributed by atoms with Gasteiger partial charge in [-0.3, -0.25) is 0 Å². The Kier molecular flexibility index (Phi) is 7.36. The Balaban J connectivity index is 1.68. The lowest BCUT2D eigenvalue weighted by atomic mass is 10.0. The first-order valence-electron chi connectivity index (χ1n) is 10.4. The zero-order valence-corrected chi connectivity index (χ0v) is 20.0. The van der Waals surface area contributed by atoms with Crippen molar-refractivity contribution in [1.82, 2.24) is 15.2 Å². The summed E-state index contributed by atoms with van der Waals surface area (Å²) >= 11 is 1.45. The fourth-order valence-electron chi connectivity index (χ4n) is 3.43. The molecule has 9 nitrogen and oxygen atoms in total. The Hall–Kier alpha value is -2.83. The topological polar surface area (TPSA) is 115 Å². The number of aromatic nitrogens is 3. The van der Waals surface area contributed by atoms with Crippen molar-refractivity contribution in [2.45, 2.75) is 13.3 Å². The minimum Gasteiger partial charge on any atom is -0.492 e. The predicted octanol–water partition coefficient (Wildman–Crippen LogP) is 3.32. The van der Waals surface area contributed by atoms with Gasteiger partial charge < -0.3 is 24.8 Å². The second kappa shape index (κ2) is 10.4. The molecule has 0 aliphatic carbocycles. The molecule has 1 saturated heterocycles. The number of rotatable bonds is 8. The average Bonchev–Trinajstić information content (AvgIpc) is 3.30. The number of hydrogen-bond acceptors (Lipinski definition) is 9. The normalized spacial score (nSPS) is 14.8. The van der Waals surface area contributed by atoms with Crippen LogP contribution in [0.15, 0.2) is 24.4 Å². The molecule has 3 aromatic rings. The lowest BCUT2D eigenvalue weighted by Gasteiger charge is -2.25. The number of methoxy groups -OCH3 is 1. The molecule has 176 valence electrons. The summed E-state index contributed by atoms with van der Waals surface area (Å²) in [4.78, 5) is 6.42. The van der Waals surface area contributed by atoms with Crippen molar-refractivity contribution in [1.29, 1.82) is 0 Å². The summed E-state index contributed by atoms with van der Waals surface area (Å²) in [7, 11) is -0.00377. The molecule has 12 heteroatoms. The quantitative estimate of drug-likeness (QED) is 0.492. The van der Waals surface area contributed by atoms with Gasteiger partial charge in [-0.05, 0) is 30.2 Å². The van der Waals surface area contributed by atoms with Crippen LogP contribution in [0.1, 0.15) is 13.3 Å². The van der Waals surface area contributed by atoms with Gasteiger partial charge in [0, 0.05) is 36.2 Å². The van der Waals surface area contributed by atoms with Crippen molar-refractivity contribution < 1.29 is 18.1 Å². The van der Waals surface area contributed by atoms with Crippen molar-refractivity contribution in [3.05, 3.63) is 30.2 Å². The third-order valence-electron chi connectivity index (χ3n) is 5.03. The van der Waals surface area contributed by atoms with Crippen LogP contribution in [0.2, 0.25) is 0 Å². The van der Waals surface area contributed by atoms with E-state index in [1.807, 2.05) is 6.92 Å². The monoisotopic (exact) mass is 492 g/mol. The Labute approximate surface area is 197 Å². The SMILES string of the molecule is CCCS(=O)Nc1cc(-c2cc(-c3nnc(N4CCOCC4)s3)cnc2N)cc(F)c1OC. The van der Waals surface area contributed by atoms with Gasteiger partial charge in [-0.15, -0.1) is 10.2 Å². The summed E-state index contributed by atoms with van der Waals surface area (Å²) in [5, 5.41) is 10.1. The number of morpholine rings is 1. The van der Waals surface area contributed by atoms with Crippen LogP contribution in [0.4, 0.5) is 21.0 Å². The molecule has 1 aromatic carbocycles. The van der Waals surface area contributed by atoms with E-state index >= 15 is 0 Å². The molecule has 4 rings (SSSR count). The van der Waals surface area contributed by atoms with E-state index < -0.39 is 16.8 Å². The van der Waals surface area contributed by atoms with Gasteiger partial charge in [0.05, 0.1) is 26.0 Å². The minimum absolute atomic E-state index is 0.00911. The zero-order valence-electron chi connectivity index (χ0n) is 18.3. The van der Waals surface area contributed by atoms with Crippen molar-refractivity contribution in [2.75, 3.05) is 54.5 Å². The van der Waals surface area contributed by atoms with Gasteiger partial charge in [-0.1, -0.05) is 18.3 Å². The Morgan fingerprint density at radius 1 is 1.27 bits per heavy atom. The third-order valence-corrected chi connectivity index (χ3v) is 7.29. The maximum absolute atomic E-state index is 14.8. The van der Waals surface area contributed by atoms with Crippen molar-refractivity contribution in [3.8, 4) is 27.4 Å². The van der Waals surface area contributed by atoms with E-state index in [1.165, 1.54) is 24.5 Å². The second-order valence-corrected chi connectivity index (χ2v) is 9.60. The lowest BCUT2D eigenvalue weighted by Crippen LogP contribution is -2.36. The number of nitrogens with one attached hydrogen (secondary N) is 1. The van der Waals surface area contributed by atoms with E-state index in [-0.39, 0.29) is 17.3 Å². The van der Waals surface area contributed by atoms with Crippen molar-refractivity contribution in [2.24, 2.45) is 0 Å². The second-order valence-electron chi connectivity index (χ2n) is 7.34. The van der Waals surface area contributed by atoms with Crippen molar-refractivity contribution in [3.63, 3.8) is 0 Å². The summed E-state index contributed by atoms with van der Waals surface area (Å²) in [6, 6.07) is 4.79.